The molecule has 5 atom stereocenters. The Morgan fingerprint density at radius 2 is 1.95 bits per heavy atom. The second-order valence-corrected chi connectivity index (χ2v) is 4.86. The molecule has 2 rings (SSSR count). The molecule has 1 aromatic rings. The Bertz CT molecular complexity index is 468. The molecule has 1 heterocycles. The first kappa shape index (κ1) is 15.7. The van der Waals surface area contributed by atoms with E-state index in [0.29, 0.717) is 5.75 Å². The molecule has 7 heteroatoms. The van der Waals surface area contributed by atoms with Crippen LogP contribution >= 0.6 is 0 Å². The molecular weight excluding hydrogens is 278 g/mol. The number of carbonyl (C=O) groups excluding carboxylic acids is 1. The normalized spacial score (nSPS) is 32.5. The third-order valence-corrected chi connectivity index (χ3v) is 3.25. The first-order valence-electron chi connectivity index (χ1n) is 6.64. The van der Waals surface area contributed by atoms with E-state index in [1.807, 2.05) is 6.07 Å². The fourth-order valence-electron chi connectivity index (χ4n) is 2.20. The van der Waals surface area contributed by atoms with Crippen molar-refractivity contribution in [1.29, 1.82) is 0 Å². The van der Waals surface area contributed by atoms with Gasteiger partial charge in [-0.25, -0.2) is 0 Å². The van der Waals surface area contributed by atoms with Crippen LogP contribution in [0.15, 0.2) is 30.3 Å². The summed E-state index contributed by atoms with van der Waals surface area (Å²) >= 11 is 0. The summed E-state index contributed by atoms with van der Waals surface area (Å²) in [6.45, 7) is 0.816. The molecule has 7 nitrogen and oxygen atoms in total. The molecule has 1 aromatic carbocycles. The highest BCUT2D eigenvalue weighted by molar-refractivity contribution is 5.73. The molecule has 0 aromatic heterocycles. The van der Waals surface area contributed by atoms with E-state index < -0.39 is 37.3 Å². The van der Waals surface area contributed by atoms with Crippen LogP contribution in [0.2, 0.25) is 0 Å². The van der Waals surface area contributed by atoms with Crippen LogP contribution in [0.3, 0.4) is 0 Å². The topological polar surface area (TPSA) is 108 Å². The van der Waals surface area contributed by atoms with Crippen molar-refractivity contribution < 1.29 is 29.6 Å². The highest BCUT2D eigenvalue weighted by Gasteiger charge is 2.45. The van der Waals surface area contributed by atoms with Crippen molar-refractivity contribution in [1.82, 2.24) is 5.32 Å². The number of carbonyl (C=O) groups is 1. The van der Waals surface area contributed by atoms with Gasteiger partial charge in [0, 0.05) is 6.92 Å². The van der Waals surface area contributed by atoms with Crippen LogP contribution in [0.4, 0.5) is 0 Å². The predicted molar refractivity (Wildman–Crippen MR) is 72.4 cm³/mol. The van der Waals surface area contributed by atoms with E-state index in [1.54, 1.807) is 24.3 Å². The van der Waals surface area contributed by atoms with Gasteiger partial charge in [0.25, 0.3) is 0 Å². The van der Waals surface area contributed by atoms with E-state index in [4.69, 9.17) is 9.47 Å². The fraction of sp³-hybridized carbons (Fsp3) is 0.500. The molecule has 0 spiro atoms. The van der Waals surface area contributed by atoms with Crippen molar-refractivity contribution in [2.24, 2.45) is 0 Å². The lowest BCUT2D eigenvalue weighted by Crippen LogP contribution is -2.65. The van der Waals surface area contributed by atoms with Crippen LogP contribution in [-0.4, -0.2) is 58.5 Å². The Kier molecular flexibility index (Phi) is 5.13. The molecule has 0 bridgehead atoms. The van der Waals surface area contributed by atoms with Gasteiger partial charge in [-0.3, -0.25) is 4.79 Å². The molecule has 3 unspecified atom stereocenters. The van der Waals surface area contributed by atoms with Gasteiger partial charge < -0.3 is 30.1 Å². The second kappa shape index (κ2) is 6.86. The standard InChI is InChI=1S/C14H19NO6/c1-8(17)15-11-13(19)12(18)10(7-16)21-14(11)20-9-5-3-2-4-6-9/h2-6,10-14,16,18-19H,7H2,1H3,(H,15,17)/t10?,11?,12-,13?,14-/m0/s1. The highest BCUT2D eigenvalue weighted by atomic mass is 16.7. The molecule has 1 aliphatic heterocycles. The number of hydrogen-bond acceptors (Lipinski definition) is 6. The predicted octanol–water partition coefficient (Wildman–Crippen LogP) is -0.991. The van der Waals surface area contributed by atoms with Gasteiger partial charge in [-0.2, -0.15) is 0 Å². The summed E-state index contributed by atoms with van der Waals surface area (Å²) in [7, 11) is 0. The molecule has 0 saturated carbocycles. The molecule has 1 fully saturated rings. The average Bonchev–Trinajstić information content (AvgIpc) is 2.47. The molecular formula is C14H19NO6. The van der Waals surface area contributed by atoms with E-state index in [-0.39, 0.29) is 5.91 Å². The molecule has 21 heavy (non-hydrogen) atoms. The van der Waals surface area contributed by atoms with Crippen LogP contribution in [0, 0.1) is 0 Å². The molecule has 0 aliphatic carbocycles. The number of benzene rings is 1. The summed E-state index contributed by atoms with van der Waals surface area (Å²) < 4.78 is 11.0. The van der Waals surface area contributed by atoms with Crippen LogP contribution in [-0.2, 0) is 9.53 Å². The SMILES string of the molecule is CC(=O)NC1C(O)[C@@H](O)C(CO)O[C@@H]1Oc1ccccc1. The smallest absolute Gasteiger partial charge is 0.223 e. The van der Waals surface area contributed by atoms with Crippen LogP contribution in [0.25, 0.3) is 0 Å². The number of nitrogens with one attached hydrogen (secondary N) is 1. The van der Waals surface area contributed by atoms with Gasteiger partial charge in [-0.05, 0) is 12.1 Å². The van der Waals surface area contributed by atoms with Gasteiger partial charge in [0.15, 0.2) is 0 Å². The summed E-state index contributed by atoms with van der Waals surface area (Å²) in [6.07, 6.45) is -4.64. The van der Waals surface area contributed by atoms with E-state index in [0.717, 1.165) is 0 Å². The van der Waals surface area contributed by atoms with Crippen LogP contribution in [0.5, 0.6) is 5.75 Å². The van der Waals surface area contributed by atoms with E-state index in [9.17, 15) is 20.1 Å². The van der Waals surface area contributed by atoms with E-state index >= 15 is 0 Å². The lowest BCUT2D eigenvalue weighted by molar-refractivity contribution is -0.244. The molecule has 1 saturated heterocycles. The zero-order valence-electron chi connectivity index (χ0n) is 11.5. The highest BCUT2D eigenvalue weighted by Crippen LogP contribution is 2.24. The summed E-state index contributed by atoms with van der Waals surface area (Å²) in [6, 6.07) is 7.79. The number of para-hydroxylation sites is 1. The summed E-state index contributed by atoms with van der Waals surface area (Å²) in [4.78, 5) is 11.2. The third-order valence-electron chi connectivity index (χ3n) is 3.25. The average molecular weight is 297 g/mol. The molecule has 0 radical (unpaired) electrons. The first-order chi connectivity index (χ1) is 10.0. The minimum atomic E-state index is -1.32. The van der Waals surface area contributed by atoms with Gasteiger partial charge >= 0.3 is 0 Å². The molecule has 1 amide bonds. The minimum Gasteiger partial charge on any atom is -0.463 e. The van der Waals surface area contributed by atoms with Crippen molar-refractivity contribution in [3.8, 4) is 5.75 Å². The number of amides is 1. The lowest BCUT2D eigenvalue weighted by atomic mass is 9.97. The zero-order chi connectivity index (χ0) is 15.4. The van der Waals surface area contributed by atoms with Crippen LogP contribution < -0.4 is 10.1 Å². The zero-order valence-corrected chi connectivity index (χ0v) is 11.5. The maximum atomic E-state index is 11.2. The Morgan fingerprint density at radius 1 is 1.29 bits per heavy atom. The van der Waals surface area contributed by atoms with Gasteiger partial charge in [0.1, 0.15) is 30.1 Å². The van der Waals surface area contributed by atoms with Crippen molar-refractivity contribution >= 4 is 5.91 Å². The number of hydrogen-bond donors (Lipinski definition) is 4. The van der Waals surface area contributed by atoms with Crippen LogP contribution in [0.1, 0.15) is 6.92 Å². The number of aliphatic hydroxyl groups is 3. The Labute approximate surface area is 122 Å². The molecule has 4 N–H and O–H groups in total. The van der Waals surface area contributed by atoms with Crippen molar-refractivity contribution in [2.75, 3.05) is 6.61 Å². The van der Waals surface area contributed by atoms with Crippen molar-refractivity contribution in [3.05, 3.63) is 30.3 Å². The Morgan fingerprint density at radius 3 is 2.52 bits per heavy atom. The first-order valence-corrected chi connectivity index (χ1v) is 6.64. The van der Waals surface area contributed by atoms with Gasteiger partial charge in [-0.1, -0.05) is 18.2 Å². The van der Waals surface area contributed by atoms with E-state index in [1.165, 1.54) is 6.92 Å². The minimum absolute atomic E-state index is 0.390. The Balaban J connectivity index is 2.18. The number of ether oxygens (including phenoxy) is 2. The summed E-state index contributed by atoms with van der Waals surface area (Å²) in [5, 5.41) is 31.7. The second-order valence-electron chi connectivity index (χ2n) is 4.86. The van der Waals surface area contributed by atoms with Crippen molar-refractivity contribution in [2.45, 2.75) is 37.6 Å². The number of rotatable bonds is 4. The maximum absolute atomic E-state index is 11.2. The summed E-state index contributed by atoms with van der Waals surface area (Å²) in [5.74, 6) is 0.0945. The van der Waals surface area contributed by atoms with E-state index in [2.05, 4.69) is 5.32 Å². The van der Waals surface area contributed by atoms with Gasteiger partial charge in [-0.15, -0.1) is 0 Å². The maximum Gasteiger partial charge on any atom is 0.223 e. The van der Waals surface area contributed by atoms with Crippen molar-refractivity contribution in [3.63, 3.8) is 0 Å². The lowest BCUT2D eigenvalue weighted by Gasteiger charge is -2.42. The molecule has 116 valence electrons. The monoisotopic (exact) mass is 297 g/mol. The third kappa shape index (κ3) is 3.70. The largest absolute Gasteiger partial charge is 0.463 e. The van der Waals surface area contributed by atoms with Gasteiger partial charge in [0.2, 0.25) is 12.2 Å². The number of aliphatic hydroxyl groups excluding tert-OH is 3. The molecule has 1 aliphatic rings. The fourth-order valence-corrected chi connectivity index (χ4v) is 2.20. The Hall–Kier alpha value is -1.67. The van der Waals surface area contributed by atoms with Gasteiger partial charge in [0.05, 0.1) is 6.61 Å². The quantitative estimate of drug-likeness (QED) is 0.568. The summed E-state index contributed by atoms with van der Waals surface area (Å²) in [5.41, 5.74) is 0.